The average molecular weight is 694 g/mol. The highest BCUT2D eigenvalue weighted by atomic mass is 16.5. The van der Waals surface area contributed by atoms with Crippen molar-refractivity contribution in [2.45, 2.75) is 0 Å². The number of carbonyl (C=O) groups is 3. The Morgan fingerprint density at radius 3 is 1.48 bits per heavy atom. The minimum Gasteiger partial charge on any atom is -0.492 e. The van der Waals surface area contributed by atoms with Crippen molar-refractivity contribution >= 4 is 39.3 Å². The van der Waals surface area contributed by atoms with Gasteiger partial charge in [0, 0.05) is 25.2 Å². The molecule has 0 spiro atoms. The zero-order valence-corrected chi connectivity index (χ0v) is 29.3. The van der Waals surface area contributed by atoms with Gasteiger partial charge in [-0.05, 0) is 94.3 Å². The van der Waals surface area contributed by atoms with Crippen LogP contribution in [0.2, 0.25) is 0 Å². The first kappa shape index (κ1) is 36.6. The maximum atomic E-state index is 12.3. The van der Waals surface area contributed by atoms with E-state index in [0.717, 1.165) is 27.3 Å². The van der Waals surface area contributed by atoms with E-state index in [9.17, 15) is 14.4 Å². The summed E-state index contributed by atoms with van der Waals surface area (Å²) < 4.78 is 16.3. The summed E-state index contributed by atoms with van der Waals surface area (Å²) in [6.45, 7) is 1.78. The SMILES string of the molecule is CN(CCOc1ccc2cc(C#N)ccc2c1)C(=O)c1ccccc1.COC(=O)c1ccc2cc(OCCN(C)C(=O)c3ccccc3)ccc2c1. The number of hydrogen-bond donors (Lipinski definition) is 0. The molecule has 0 saturated carbocycles. The number of nitriles is 1. The van der Waals surface area contributed by atoms with Crippen LogP contribution in [0.3, 0.4) is 0 Å². The lowest BCUT2D eigenvalue weighted by atomic mass is 10.1. The van der Waals surface area contributed by atoms with Gasteiger partial charge in [0.25, 0.3) is 11.8 Å². The van der Waals surface area contributed by atoms with Crippen molar-refractivity contribution in [2.24, 2.45) is 0 Å². The normalized spacial score (nSPS) is 10.3. The topological polar surface area (TPSA) is 109 Å². The van der Waals surface area contributed by atoms with Crippen molar-refractivity contribution in [2.75, 3.05) is 47.5 Å². The van der Waals surface area contributed by atoms with E-state index in [2.05, 4.69) is 6.07 Å². The third-order valence-corrected chi connectivity index (χ3v) is 8.30. The van der Waals surface area contributed by atoms with Crippen molar-refractivity contribution in [1.29, 1.82) is 5.26 Å². The van der Waals surface area contributed by atoms with E-state index in [-0.39, 0.29) is 17.8 Å². The average Bonchev–Trinajstić information content (AvgIpc) is 3.20. The molecule has 0 N–H and O–H groups in total. The highest BCUT2D eigenvalue weighted by molar-refractivity contribution is 5.96. The molecule has 0 aromatic heterocycles. The monoisotopic (exact) mass is 693 g/mol. The number of ether oxygens (including phenoxy) is 3. The first-order chi connectivity index (χ1) is 25.2. The van der Waals surface area contributed by atoms with Gasteiger partial charge in [0.1, 0.15) is 24.7 Å². The number of hydrogen-bond acceptors (Lipinski definition) is 7. The Hall–Kier alpha value is -6.66. The number of benzene rings is 6. The van der Waals surface area contributed by atoms with Gasteiger partial charge in [0.05, 0.1) is 37.4 Å². The van der Waals surface area contributed by atoms with Crippen molar-refractivity contribution in [1.82, 2.24) is 9.80 Å². The Labute approximate surface area is 303 Å². The fraction of sp³-hybridized carbons (Fsp3) is 0.163. The highest BCUT2D eigenvalue weighted by Crippen LogP contribution is 2.23. The fourth-order valence-electron chi connectivity index (χ4n) is 5.35. The second-order valence-electron chi connectivity index (χ2n) is 11.9. The Morgan fingerprint density at radius 1 is 0.558 bits per heavy atom. The van der Waals surface area contributed by atoms with Crippen LogP contribution in [-0.4, -0.2) is 75.1 Å². The van der Waals surface area contributed by atoms with E-state index in [0.29, 0.717) is 54.3 Å². The van der Waals surface area contributed by atoms with E-state index in [4.69, 9.17) is 19.5 Å². The summed E-state index contributed by atoms with van der Waals surface area (Å²) >= 11 is 0. The molecular formula is C43H39N3O6. The molecule has 0 heterocycles. The summed E-state index contributed by atoms with van der Waals surface area (Å²) in [6.07, 6.45) is 0. The fourth-order valence-corrected chi connectivity index (χ4v) is 5.35. The third kappa shape index (κ3) is 9.73. The van der Waals surface area contributed by atoms with Crippen molar-refractivity contribution in [3.05, 3.63) is 156 Å². The summed E-state index contributed by atoms with van der Waals surface area (Å²) in [6, 6.07) is 42.8. The molecule has 262 valence electrons. The third-order valence-electron chi connectivity index (χ3n) is 8.30. The molecule has 0 radical (unpaired) electrons. The Morgan fingerprint density at radius 2 is 1.00 bits per heavy atom. The van der Waals surface area contributed by atoms with E-state index in [1.54, 1.807) is 66.4 Å². The van der Waals surface area contributed by atoms with Crippen LogP contribution >= 0.6 is 0 Å². The molecule has 6 aromatic carbocycles. The standard InChI is InChI=1S/C22H21NO4.C21H18N2O2/c1-23(21(24)16-6-4-3-5-7-16)12-13-27-20-11-10-17-14-19(22(25)26-2)9-8-18(17)15-20;1-23(21(24)17-5-3-2-4-6-17)11-12-25-20-10-9-18-13-16(15-22)7-8-19(18)14-20/h3-11,14-15H,12-13H2,1-2H3;2-10,13-14H,11-12H2,1H3. The summed E-state index contributed by atoms with van der Waals surface area (Å²) in [4.78, 5) is 39.5. The van der Waals surface area contributed by atoms with Crippen LogP contribution in [0.15, 0.2) is 133 Å². The molecule has 0 aliphatic rings. The molecule has 6 rings (SSSR count). The Balaban J connectivity index is 0.000000202. The second kappa shape index (κ2) is 17.8. The van der Waals surface area contributed by atoms with Gasteiger partial charge in [-0.15, -0.1) is 0 Å². The van der Waals surface area contributed by atoms with Crippen molar-refractivity contribution < 1.29 is 28.6 Å². The zero-order chi connectivity index (χ0) is 36.9. The minimum absolute atomic E-state index is 0.0215. The van der Waals surface area contributed by atoms with Crippen molar-refractivity contribution in [3.63, 3.8) is 0 Å². The number of methoxy groups -OCH3 is 1. The summed E-state index contributed by atoms with van der Waals surface area (Å²) in [5.74, 6) is 1.05. The lowest BCUT2D eigenvalue weighted by Gasteiger charge is -2.17. The van der Waals surface area contributed by atoms with Gasteiger partial charge >= 0.3 is 5.97 Å². The van der Waals surface area contributed by atoms with Gasteiger partial charge in [0.15, 0.2) is 0 Å². The number of carbonyl (C=O) groups excluding carboxylic acids is 3. The zero-order valence-electron chi connectivity index (χ0n) is 29.3. The van der Waals surface area contributed by atoms with Gasteiger partial charge in [0.2, 0.25) is 0 Å². The van der Waals surface area contributed by atoms with Gasteiger partial charge in [-0.25, -0.2) is 4.79 Å². The molecule has 0 aliphatic heterocycles. The second-order valence-corrected chi connectivity index (χ2v) is 11.9. The minimum atomic E-state index is -0.358. The number of nitrogens with zero attached hydrogens (tertiary/aromatic N) is 3. The predicted octanol–water partition coefficient (Wildman–Crippen LogP) is 7.64. The predicted molar refractivity (Wildman–Crippen MR) is 202 cm³/mol. The highest BCUT2D eigenvalue weighted by Gasteiger charge is 2.12. The smallest absolute Gasteiger partial charge is 0.337 e. The van der Waals surface area contributed by atoms with Crippen LogP contribution in [0.1, 0.15) is 36.6 Å². The molecule has 52 heavy (non-hydrogen) atoms. The molecular weight excluding hydrogens is 654 g/mol. The quantitative estimate of drug-likeness (QED) is 0.128. The largest absolute Gasteiger partial charge is 0.492 e. The summed E-state index contributed by atoms with van der Waals surface area (Å²) in [5.41, 5.74) is 2.48. The number of esters is 1. The van der Waals surface area contributed by atoms with Crippen molar-refractivity contribution in [3.8, 4) is 17.6 Å². The van der Waals surface area contributed by atoms with E-state index < -0.39 is 0 Å². The number of fused-ring (bicyclic) bond motifs is 2. The summed E-state index contributed by atoms with van der Waals surface area (Å²) in [5, 5.41) is 12.9. The van der Waals surface area contributed by atoms with Crippen LogP contribution in [-0.2, 0) is 4.74 Å². The van der Waals surface area contributed by atoms with Gasteiger partial charge in [-0.3, -0.25) is 9.59 Å². The van der Waals surface area contributed by atoms with Crippen LogP contribution in [0.4, 0.5) is 0 Å². The van der Waals surface area contributed by atoms with Gasteiger partial charge in [-0.2, -0.15) is 5.26 Å². The van der Waals surface area contributed by atoms with Gasteiger partial charge in [-0.1, -0.05) is 60.7 Å². The first-order valence-corrected chi connectivity index (χ1v) is 16.7. The van der Waals surface area contributed by atoms with E-state index in [1.165, 1.54) is 7.11 Å². The number of amides is 2. The lowest BCUT2D eigenvalue weighted by molar-refractivity contribution is 0.0600. The Kier molecular flexibility index (Phi) is 12.6. The number of rotatable bonds is 11. The first-order valence-electron chi connectivity index (χ1n) is 16.7. The molecule has 0 bridgehead atoms. The van der Waals surface area contributed by atoms with E-state index in [1.807, 2.05) is 91.0 Å². The van der Waals surface area contributed by atoms with Crippen LogP contribution < -0.4 is 9.47 Å². The molecule has 0 aliphatic carbocycles. The van der Waals surface area contributed by atoms with Crippen LogP contribution in [0.5, 0.6) is 11.5 Å². The Bertz CT molecular complexity index is 2200. The van der Waals surface area contributed by atoms with Gasteiger partial charge < -0.3 is 24.0 Å². The van der Waals surface area contributed by atoms with E-state index >= 15 is 0 Å². The molecule has 2 amide bonds. The maximum Gasteiger partial charge on any atom is 0.337 e. The van der Waals surface area contributed by atoms with Crippen LogP contribution in [0, 0.1) is 11.3 Å². The maximum absolute atomic E-state index is 12.3. The molecule has 0 atom stereocenters. The van der Waals surface area contributed by atoms with Crippen LogP contribution in [0.25, 0.3) is 21.5 Å². The molecule has 9 heteroatoms. The molecule has 6 aromatic rings. The molecule has 0 saturated heterocycles. The molecule has 0 fully saturated rings. The molecule has 9 nitrogen and oxygen atoms in total. The molecule has 0 unspecified atom stereocenters. The summed E-state index contributed by atoms with van der Waals surface area (Å²) in [7, 11) is 4.89. The lowest BCUT2D eigenvalue weighted by Crippen LogP contribution is -2.30. The number of likely N-dealkylation sites (N-methyl/N-ethyl adjacent to an activating group) is 2.